The second-order valence-electron chi connectivity index (χ2n) is 4.38. The van der Waals surface area contributed by atoms with E-state index in [0.29, 0.717) is 21.9 Å². The van der Waals surface area contributed by atoms with Gasteiger partial charge in [-0.3, -0.25) is 0 Å². The van der Waals surface area contributed by atoms with Crippen molar-refractivity contribution in [2.45, 2.75) is 13.0 Å². The third-order valence-electron chi connectivity index (χ3n) is 3.21. The number of nitrogens with one attached hydrogen (secondary N) is 1. The molecule has 0 aromatic heterocycles. The number of hydrogen-bond acceptors (Lipinski definition) is 4. The number of carbonyl (C=O) groups excluding carboxylic acids is 1. The molecule has 1 aliphatic heterocycles. The number of imide groups is 1. The number of benzene rings is 1. The lowest BCUT2D eigenvalue weighted by molar-refractivity contribution is 0.135. The summed E-state index contributed by atoms with van der Waals surface area (Å²) in [6.07, 6.45) is -1.44. The molecule has 7 nitrogen and oxygen atoms in total. The maximum atomic E-state index is 11.9. The van der Waals surface area contributed by atoms with Gasteiger partial charge in [0.15, 0.2) is 0 Å². The van der Waals surface area contributed by atoms with Gasteiger partial charge in [0.1, 0.15) is 11.8 Å². The summed E-state index contributed by atoms with van der Waals surface area (Å²) in [5.74, 6) is 0.406. The van der Waals surface area contributed by atoms with E-state index in [1.165, 1.54) is 7.11 Å². The van der Waals surface area contributed by atoms with Crippen LogP contribution in [0.3, 0.4) is 0 Å². The molecular formula is C14H13N3O4. The maximum absolute atomic E-state index is 11.9. The minimum Gasteiger partial charge on any atom is -0.496 e. The molecule has 0 radical (unpaired) electrons. The van der Waals surface area contributed by atoms with Crippen molar-refractivity contribution >= 4 is 12.1 Å². The zero-order valence-corrected chi connectivity index (χ0v) is 11.5. The van der Waals surface area contributed by atoms with Gasteiger partial charge in [0.25, 0.3) is 0 Å². The zero-order valence-electron chi connectivity index (χ0n) is 11.5. The Morgan fingerprint density at radius 1 is 1.48 bits per heavy atom. The van der Waals surface area contributed by atoms with E-state index < -0.39 is 18.2 Å². The summed E-state index contributed by atoms with van der Waals surface area (Å²) in [6.45, 7) is 1.55. The Labute approximate surface area is 121 Å². The Balaban J connectivity index is 2.69. The number of urea groups is 1. The average Bonchev–Trinajstić information content (AvgIpc) is 2.46. The van der Waals surface area contributed by atoms with Crippen LogP contribution in [-0.2, 0) is 0 Å². The number of allylic oxidation sites excluding steroid dienone is 1. The average molecular weight is 287 g/mol. The van der Waals surface area contributed by atoms with Crippen LogP contribution in [0.25, 0.3) is 0 Å². The smallest absolute Gasteiger partial charge is 0.416 e. The normalized spacial score (nSPS) is 18.0. The van der Waals surface area contributed by atoms with Crippen LogP contribution in [0.1, 0.15) is 18.5 Å². The highest BCUT2D eigenvalue weighted by Gasteiger charge is 2.40. The van der Waals surface area contributed by atoms with Gasteiger partial charge in [-0.1, -0.05) is 18.2 Å². The van der Waals surface area contributed by atoms with Gasteiger partial charge in [-0.25, -0.2) is 14.5 Å². The van der Waals surface area contributed by atoms with E-state index in [1.807, 2.05) is 6.07 Å². The Morgan fingerprint density at radius 2 is 2.14 bits per heavy atom. The first kappa shape index (κ1) is 14.4. The Bertz CT molecular complexity index is 675. The fourth-order valence-electron chi connectivity index (χ4n) is 2.27. The first-order valence-corrected chi connectivity index (χ1v) is 6.08. The topological polar surface area (TPSA) is 103 Å². The molecule has 7 heteroatoms. The molecule has 0 saturated heterocycles. The molecule has 0 saturated carbocycles. The summed E-state index contributed by atoms with van der Waals surface area (Å²) < 4.78 is 5.21. The fourth-order valence-corrected chi connectivity index (χ4v) is 2.27. The van der Waals surface area contributed by atoms with Gasteiger partial charge in [-0.15, -0.1) is 0 Å². The summed E-state index contributed by atoms with van der Waals surface area (Å²) in [5.41, 5.74) is 0.922. The highest BCUT2D eigenvalue weighted by molar-refractivity contribution is 5.93. The molecule has 1 aliphatic rings. The Kier molecular flexibility index (Phi) is 3.80. The van der Waals surface area contributed by atoms with Gasteiger partial charge in [-0.05, 0) is 13.0 Å². The quantitative estimate of drug-likeness (QED) is 0.868. The van der Waals surface area contributed by atoms with Crippen LogP contribution in [0.2, 0.25) is 0 Å². The number of para-hydroxylation sites is 1. The number of nitrogens with zero attached hydrogens (tertiary/aromatic N) is 2. The number of ether oxygens (including phenoxy) is 1. The fraction of sp³-hybridized carbons (Fsp3) is 0.214. The van der Waals surface area contributed by atoms with Gasteiger partial charge in [0.05, 0.1) is 18.8 Å². The van der Waals surface area contributed by atoms with Gasteiger partial charge >= 0.3 is 12.1 Å². The lowest BCUT2D eigenvalue weighted by Gasteiger charge is -2.33. The number of methoxy groups -OCH3 is 1. The van der Waals surface area contributed by atoms with Crippen molar-refractivity contribution < 1.29 is 19.4 Å². The van der Waals surface area contributed by atoms with Crippen molar-refractivity contribution in [2.75, 3.05) is 7.11 Å². The van der Waals surface area contributed by atoms with Crippen molar-refractivity contribution in [3.8, 4) is 11.8 Å². The van der Waals surface area contributed by atoms with Gasteiger partial charge < -0.3 is 15.2 Å². The van der Waals surface area contributed by atoms with Crippen molar-refractivity contribution in [3.63, 3.8) is 0 Å². The van der Waals surface area contributed by atoms with Crippen LogP contribution < -0.4 is 10.1 Å². The predicted octanol–water partition coefficient (Wildman–Crippen LogP) is 2.24. The second kappa shape index (κ2) is 5.54. The van der Waals surface area contributed by atoms with E-state index in [-0.39, 0.29) is 5.57 Å². The first-order chi connectivity index (χ1) is 10.0. The molecule has 0 aliphatic carbocycles. The molecule has 108 valence electrons. The van der Waals surface area contributed by atoms with Gasteiger partial charge in [0, 0.05) is 11.3 Å². The van der Waals surface area contributed by atoms with Crippen molar-refractivity contribution in [3.05, 3.63) is 41.1 Å². The highest BCUT2D eigenvalue weighted by Crippen LogP contribution is 2.37. The zero-order chi connectivity index (χ0) is 15.6. The number of rotatable bonds is 2. The van der Waals surface area contributed by atoms with Crippen molar-refractivity contribution in [2.24, 2.45) is 0 Å². The lowest BCUT2D eigenvalue weighted by atomic mass is 9.94. The molecule has 0 fully saturated rings. The number of nitriles is 1. The van der Waals surface area contributed by atoms with Crippen LogP contribution in [-0.4, -0.2) is 29.2 Å². The molecule has 0 spiro atoms. The van der Waals surface area contributed by atoms with Gasteiger partial charge in [-0.2, -0.15) is 5.26 Å². The molecule has 1 unspecified atom stereocenters. The molecule has 1 aromatic rings. The molecule has 0 bridgehead atoms. The third-order valence-corrected chi connectivity index (χ3v) is 3.21. The molecule has 1 atom stereocenters. The van der Waals surface area contributed by atoms with Crippen LogP contribution in [0.4, 0.5) is 9.59 Å². The molecule has 1 aromatic carbocycles. The third kappa shape index (κ3) is 2.39. The van der Waals surface area contributed by atoms with E-state index in [0.717, 1.165) is 0 Å². The van der Waals surface area contributed by atoms with Crippen LogP contribution in [0.15, 0.2) is 35.5 Å². The standard InChI is InChI=1S/C14H13N3O4/c1-8-10(7-15)12(17(14(19)20)13(18)16-8)9-5-3-4-6-11(9)21-2/h3-6,12H,1-2H3,(H,16,18)(H,19,20). The highest BCUT2D eigenvalue weighted by atomic mass is 16.5. The first-order valence-electron chi connectivity index (χ1n) is 6.08. The van der Waals surface area contributed by atoms with E-state index in [2.05, 4.69) is 5.32 Å². The SMILES string of the molecule is COc1ccccc1C1C(C#N)=C(C)NC(=O)N1C(=O)O. The van der Waals surface area contributed by atoms with Crippen LogP contribution in [0.5, 0.6) is 5.75 Å². The molecular weight excluding hydrogens is 274 g/mol. The van der Waals surface area contributed by atoms with Crippen molar-refractivity contribution in [1.29, 1.82) is 5.26 Å². The maximum Gasteiger partial charge on any atom is 0.416 e. The summed E-state index contributed by atoms with van der Waals surface area (Å²) in [4.78, 5) is 23.9. The Hall–Kier alpha value is -3.01. The summed E-state index contributed by atoms with van der Waals surface area (Å²) in [5, 5.41) is 21.0. The number of carbonyl (C=O) groups is 2. The van der Waals surface area contributed by atoms with Crippen molar-refractivity contribution in [1.82, 2.24) is 10.2 Å². The predicted molar refractivity (Wildman–Crippen MR) is 72.4 cm³/mol. The number of amides is 3. The van der Waals surface area contributed by atoms with E-state index in [1.54, 1.807) is 31.2 Å². The number of carboxylic acid groups (broad SMARTS) is 1. The minimum absolute atomic E-state index is 0.154. The molecule has 3 amide bonds. The van der Waals surface area contributed by atoms with Crippen LogP contribution >= 0.6 is 0 Å². The van der Waals surface area contributed by atoms with E-state index >= 15 is 0 Å². The monoisotopic (exact) mass is 287 g/mol. The Morgan fingerprint density at radius 3 is 2.71 bits per heavy atom. The molecule has 1 heterocycles. The second-order valence-corrected chi connectivity index (χ2v) is 4.38. The largest absolute Gasteiger partial charge is 0.496 e. The van der Waals surface area contributed by atoms with Crippen LogP contribution in [0, 0.1) is 11.3 Å². The van der Waals surface area contributed by atoms with Gasteiger partial charge in [0.2, 0.25) is 0 Å². The summed E-state index contributed by atoms with van der Waals surface area (Å²) in [6, 6.07) is 6.82. The summed E-state index contributed by atoms with van der Waals surface area (Å²) >= 11 is 0. The minimum atomic E-state index is -1.44. The molecule has 2 rings (SSSR count). The van der Waals surface area contributed by atoms with E-state index in [9.17, 15) is 20.0 Å². The molecule has 2 N–H and O–H groups in total. The summed E-state index contributed by atoms with van der Waals surface area (Å²) in [7, 11) is 1.44. The lowest BCUT2D eigenvalue weighted by Crippen LogP contribution is -2.49. The molecule has 21 heavy (non-hydrogen) atoms. The van der Waals surface area contributed by atoms with E-state index in [4.69, 9.17) is 4.74 Å². The number of hydrogen-bond donors (Lipinski definition) is 2.